The summed E-state index contributed by atoms with van der Waals surface area (Å²) in [6.45, 7) is 3.15. The highest BCUT2D eigenvalue weighted by Crippen LogP contribution is 2.29. The predicted octanol–water partition coefficient (Wildman–Crippen LogP) is 1.51. The Balaban J connectivity index is 1.95. The van der Waals surface area contributed by atoms with Gasteiger partial charge in [0.05, 0.1) is 0 Å². The number of carbonyl (C=O) groups excluding carboxylic acids is 1. The van der Waals surface area contributed by atoms with Crippen LogP contribution in [0, 0.1) is 5.92 Å². The van der Waals surface area contributed by atoms with Gasteiger partial charge in [0.2, 0.25) is 5.91 Å². The first kappa shape index (κ1) is 10.9. The van der Waals surface area contributed by atoms with Gasteiger partial charge in [0.15, 0.2) is 0 Å². The number of likely N-dealkylation sites (tertiary alicyclic amines) is 1. The van der Waals surface area contributed by atoms with Crippen molar-refractivity contribution in [1.82, 2.24) is 4.90 Å². The number of amides is 1. The summed E-state index contributed by atoms with van der Waals surface area (Å²) in [4.78, 5) is 14.3. The third kappa shape index (κ3) is 2.17. The molecule has 3 nitrogen and oxygen atoms in total. The molecule has 2 rings (SSSR count). The maximum atomic E-state index is 12.2. The summed E-state index contributed by atoms with van der Waals surface area (Å²) < 4.78 is 0. The summed E-state index contributed by atoms with van der Waals surface area (Å²) in [6.07, 6.45) is 6.42. The molecule has 0 bridgehead atoms. The third-order valence-electron chi connectivity index (χ3n) is 3.95. The molecule has 3 atom stereocenters. The monoisotopic (exact) mass is 210 g/mol. The van der Waals surface area contributed by atoms with Crippen LogP contribution in [-0.2, 0) is 4.79 Å². The molecule has 0 spiro atoms. The third-order valence-corrected chi connectivity index (χ3v) is 3.95. The van der Waals surface area contributed by atoms with Crippen molar-refractivity contribution in [2.75, 3.05) is 6.54 Å². The Bertz CT molecular complexity index is 242. The molecule has 1 heterocycles. The average Bonchev–Trinajstić information content (AvgIpc) is 2.84. The Morgan fingerprint density at radius 2 is 2.20 bits per heavy atom. The summed E-state index contributed by atoms with van der Waals surface area (Å²) in [5.74, 6) is 0.611. The fourth-order valence-electron chi connectivity index (χ4n) is 3.03. The molecule has 0 aromatic carbocycles. The SMILES string of the molecule is CCC1CCCN1C(=O)C1CCC(N)C1. The van der Waals surface area contributed by atoms with Crippen molar-refractivity contribution in [3.05, 3.63) is 0 Å². The lowest BCUT2D eigenvalue weighted by molar-refractivity contribution is -0.136. The smallest absolute Gasteiger partial charge is 0.225 e. The second-order valence-corrected chi connectivity index (χ2v) is 5.01. The molecule has 3 unspecified atom stereocenters. The minimum absolute atomic E-state index is 0.229. The van der Waals surface area contributed by atoms with Crippen molar-refractivity contribution >= 4 is 5.91 Å². The topological polar surface area (TPSA) is 46.3 Å². The second-order valence-electron chi connectivity index (χ2n) is 5.01. The minimum atomic E-state index is 0.229. The number of nitrogens with zero attached hydrogens (tertiary/aromatic N) is 1. The Labute approximate surface area is 92.0 Å². The Morgan fingerprint density at radius 1 is 1.40 bits per heavy atom. The van der Waals surface area contributed by atoms with E-state index in [1.54, 1.807) is 0 Å². The van der Waals surface area contributed by atoms with Gasteiger partial charge in [-0.3, -0.25) is 4.79 Å². The van der Waals surface area contributed by atoms with E-state index in [1.807, 2.05) is 0 Å². The van der Waals surface area contributed by atoms with Gasteiger partial charge in [-0.2, -0.15) is 0 Å². The van der Waals surface area contributed by atoms with Gasteiger partial charge in [0, 0.05) is 24.5 Å². The van der Waals surface area contributed by atoms with Crippen molar-refractivity contribution in [3.63, 3.8) is 0 Å². The zero-order valence-electron chi connectivity index (χ0n) is 9.61. The van der Waals surface area contributed by atoms with Gasteiger partial charge in [-0.05, 0) is 38.5 Å². The van der Waals surface area contributed by atoms with E-state index in [1.165, 1.54) is 12.8 Å². The number of rotatable bonds is 2. The normalized spacial score (nSPS) is 36.1. The molecule has 86 valence electrons. The van der Waals surface area contributed by atoms with E-state index >= 15 is 0 Å². The first-order chi connectivity index (χ1) is 7.22. The van der Waals surface area contributed by atoms with Crippen molar-refractivity contribution in [1.29, 1.82) is 0 Å². The molecule has 15 heavy (non-hydrogen) atoms. The van der Waals surface area contributed by atoms with Crippen molar-refractivity contribution < 1.29 is 4.79 Å². The zero-order chi connectivity index (χ0) is 10.8. The molecule has 1 aliphatic carbocycles. The number of nitrogens with two attached hydrogens (primary N) is 1. The maximum absolute atomic E-state index is 12.2. The zero-order valence-corrected chi connectivity index (χ0v) is 9.61. The van der Waals surface area contributed by atoms with Crippen molar-refractivity contribution in [2.24, 2.45) is 11.7 Å². The van der Waals surface area contributed by atoms with E-state index in [0.29, 0.717) is 11.9 Å². The predicted molar refractivity (Wildman–Crippen MR) is 60.3 cm³/mol. The fraction of sp³-hybridized carbons (Fsp3) is 0.917. The fourth-order valence-corrected chi connectivity index (χ4v) is 3.03. The molecule has 3 heteroatoms. The molecular weight excluding hydrogens is 188 g/mol. The Hall–Kier alpha value is -0.570. The van der Waals surface area contributed by atoms with E-state index in [2.05, 4.69) is 11.8 Å². The van der Waals surface area contributed by atoms with Crippen LogP contribution in [0.5, 0.6) is 0 Å². The van der Waals surface area contributed by atoms with Crippen LogP contribution < -0.4 is 5.73 Å². The molecule has 1 amide bonds. The molecule has 2 aliphatic rings. The molecule has 1 aliphatic heterocycles. The van der Waals surface area contributed by atoms with Gasteiger partial charge in [0.25, 0.3) is 0 Å². The van der Waals surface area contributed by atoms with Crippen LogP contribution in [0.4, 0.5) is 0 Å². The van der Waals surface area contributed by atoms with Gasteiger partial charge in [0.1, 0.15) is 0 Å². The van der Waals surface area contributed by atoms with Crippen molar-refractivity contribution in [2.45, 2.75) is 57.5 Å². The lowest BCUT2D eigenvalue weighted by Gasteiger charge is -2.26. The second kappa shape index (κ2) is 4.52. The largest absolute Gasteiger partial charge is 0.339 e. The first-order valence-corrected chi connectivity index (χ1v) is 6.28. The van der Waals surface area contributed by atoms with Gasteiger partial charge >= 0.3 is 0 Å². The van der Waals surface area contributed by atoms with Crippen LogP contribution in [0.3, 0.4) is 0 Å². The minimum Gasteiger partial charge on any atom is -0.339 e. The Kier molecular flexibility index (Phi) is 3.29. The number of carbonyl (C=O) groups is 1. The lowest BCUT2D eigenvalue weighted by Crippen LogP contribution is -2.39. The summed E-state index contributed by atoms with van der Waals surface area (Å²) in [7, 11) is 0. The van der Waals surface area contributed by atoms with Crippen molar-refractivity contribution in [3.8, 4) is 0 Å². The summed E-state index contributed by atoms with van der Waals surface area (Å²) in [6, 6.07) is 0.774. The molecule has 1 saturated carbocycles. The van der Waals surface area contributed by atoms with Gasteiger partial charge in [-0.1, -0.05) is 6.92 Å². The van der Waals surface area contributed by atoms with E-state index < -0.39 is 0 Å². The van der Waals surface area contributed by atoms with Crippen LogP contribution in [0.1, 0.15) is 45.4 Å². The quantitative estimate of drug-likeness (QED) is 0.751. The molecule has 2 fully saturated rings. The van der Waals surface area contributed by atoms with E-state index in [0.717, 1.165) is 32.2 Å². The summed E-state index contributed by atoms with van der Waals surface area (Å²) in [5, 5.41) is 0. The number of hydrogen-bond acceptors (Lipinski definition) is 2. The van der Waals surface area contributed by atoms with Crippen LogP contribution in [0.15, 0.2) is 0 Å². The van der Waals surface area contributed by atoms with Gasteiger partial charge in [-0.25, -0.2) is 0 Å². The molecule has 1 saturated heterocycles. The standard InChI is InChI=1S/C12H22N2O/c1-2-11-4-3-7-14(11)12(15)9-5-6-10(13)8-9/h9-11H,2-8,13H2,1H3. The highest BCUT2D eigenvalue weighted by molar-refractivity contribution is 5.79. The molecule has 0 radical (unpaired) electrons. The Morgan fingerprint density at radius 3 is 2.80 bits per heavy atom. The van der Waals surface area contributed by atoms with Crippen LogP contribution in [0.2, 0.25) is 0 Å². The molecule has 0 aromatic rings. The van der Waals surface area contributed by atoms with Crippen LogP contribution >= 0.6 is 0 Å². The summed E-state index contributed by atoms with van der Waals surface area (Å²) >= 11 is 0. The lowest BCUT2D eigenvalue weighted by atomic mass is 10.1. The first-order valence-electron chi connectivity index (χ1n) is 6.28. The maximum Gasteiger partial charge on any atom is 0.225 e. The van der Waals surface area contributed by atoms with Crippen LogP contribution in [0.25, 0.3) is 0 Å². The van der Waals surface area contributed by atoms with Gasteiger partial charge < -0.3 is 10.6 Å². The van der Waals surface area contributed by atoms with E-state index in [4.69, 9.17) is 5.73 Å². The number of hydrogen-bond donors (Lipinski definition) is 1. The highest BCUT2D eigenvalue weighted by atomic mass is 16.2. The van der Waals surface area contributed by atoms with E-state index in [9.17, 15) is 4.79 Å². The average molecular weight is 210 g/mol. The highest BCUT2D eigenvalue weighted by Gasteiger charge is 2.35. The molecular formula is C12H22N2O. The molecule has 0 aromatic heterocycles. The summed E-state index contributed by atoms with van der Waals surface area (Å²) in [5.41, 5.74) is 5.86. The van der Waals surface area contributed by atoms with Gasteiger partial charge in [-0.15, -0.1) is 0 Å². The van der Waals surface area contributed by atoms with Crippen LogP contribution in [-0.4, -0.2) is 29.4 Å². The van der Waals surface area contributed by atoms with E-state index in [-0.39, 0.29) is 12.0 Å². The molecule has 2 N–H and O–H groups in total.